The van der Waals surface area contributed by atoms with Gasteiger partial charge in [-0.05, 0) is 61.7 Å². The summed E-state index contributed by atoms with van der Waals surface area (Å²) >= 11 is 3.12. The van der Waals surface area contributed by atoms with E-state index in [0.717, 1.165) is 27.8 Å². The molecule has 5 nitrogen and oxygen atoms in total. The number of imidazole rings is 1. The van der Waals surface area contributed by atoms with E-state index in [1.165, 1.54) is 22.5 Å². The van der Waals surface area contributed by atoms with E-state index in [1.807, 2.05) is 49.0 Å². The third kappa shape index (κ3) is 4.89. The summed E-state index contributed by atoms with van der Waals surface area (Å²) in [6.07, 6.45) is 3.81. The van der Waals surface area contributed by atoms with Crippen molar-refractivity contribution in [2.24, 2.45) is 0 Å². The van der Waals surface area contributed by atoms with Crippen LogP contribution in [0.3, 0.4) is 0 Å². The molecule has 2 aromatic heterocycles. The molecule has 2 heterocycles. The largest absolute Gasteiger partial charge is 0.295 e. The molecule has 0 unspecified atom stereocenters. The lowest BCUT2D eigenvalue weighted by Gasteiger charge is -2.18. The fourth-order valence-electron chi connectivity index (χ4n) is 3.48. The Labute approximate surface area is 190 Å². The highest BCUT2D eigenvalue weighted by molar-refractivity contribution is 7.98. The highest BCUT2D eigenvalue weighted by Gasteiger charge is 2.18. The lowest BCUT2D eigenvalue weighted by Crippen LogP contribution is -2.22. The topological polar surface area (TPSA) is 51.0 Å². The van der Waals surface area contributed by atoms with Crippen LogP contribution < -0.4 is 4.90 Å². The zero-order valence-electron chi connectivity index (χ0n) is 18.0. The van der Waals surface area contributed by atoms with Crippen LogP contribution in [-0.4, -0.2) is 20.4 Å². The first-order valence-corrected chi connectivity index (χ1v) is 11.8. The van der Waals surface area contributed by atoms with E-state index in [2.05, 4.69) is 41.6 Å². The van der Waals surface area contributed by atoms with Crippen LogP contribution in [0.5, 0.6) is 0 Å². The van der Waals surface area contributed by atoms with Gasteiger partial charge in [0.25, 0.3) is 0 Å². The fraction of sp³-hybridized carbons (Fsp3) is 0.208. The van der Waals surface area contributed by atoms with E-state index < -0.39 is 0 Å². The van der Waals surface area contributed by atoms with Crippen molar-refractivity contribution >= 4 is 39.8 Å². The van der Waals surface area contributed by atoms with E-state index in [4.69, 9.17) is 4.98 Å². The minimum Gasteiger partial charge on any atom is -0.295 e. The number of anilines is 2. The molecule has 4 rings (SSSR count). The molecule has 0 aliphatic heterocycles. The predicted octanol–water partition coefficient (Wildman–Crippen LogP) is 6.23. The number of amides is 1. The van der Waals surface area contributed by atoms with Gasteiger partial charge in [-0.25, -0.2) is 9.97 Å². The van der Waals surface area contributed by atoms with Gasteiger partial charge in [-0.3, -0.25) is 14.3 Å². The van der Waals surface area contributed by atoms with Crippen molar-refractivity contribution in [1.29, 1.82) is 0 Å². The van der Waals surface area contributed by atoms with E-state index in [9.17, 15) is 4.79 Å². The standard InChI is InChI=1S/C24H24N4OS2/c1-16-6-5-7-21(11-16)28(19(4)29)24-26-20(15-31-24)14-30-23-25-8-9-27(23)22-12-17(2)10-18(3)13-22/h5-13,15H,14H2,1-4H3. The summed E-state index contributed by atoms with van der Waals surface area (Å²) in [5.41, 5.74) is 6.44. The number of hydrogen-bond donors (Lipinski definition) is 0. The average molecular weight is 449 g/mol. The van der Waals surface area contributed by atoms with Gasteiger partial charge < -0.3 is 0 Å². The minimum absolute atomic E-state index is 0.0514. The third-order valence-corrected chi connectivity index (χ3v) is 6.62. The zero-order valence-corrected chi connectivity index (χ0v) is 19.6. The van der Waals surface area contributed by atoms with E-state index in [-0.39, 0.29) is 5.91 Å². The maximum atomic E-state index is 12.3. The molecule has 7 heteroatoms. The van der Waals surface area contributed by atoms with Crippen molar-refractivity contribution in [3.63, 3.8) is 0 Å². The maximum Gasteiger partial charge on any atom is 0.230 e. The highest BCUT2D eigenvalue weighted by atomic mass is 32.2. The molecule has 0 N–H and O–H groups in total. The van der Waals surface area contributed by atoms with Crippen molar-refractivity contribution in [2.75, 3.05) is 4.90 Å². The molecule has 0 spiro atoms. The van der Waals surface area contributed by atoms with Gasteiger partial charge in [0.1, 0.15) is 0 Å². The molecule has 0 saturated carbocycles. The number of aryl methyl sites for hydroxylation is 3. The van der Waals surface area contributed by atoms with E-state index >= 15 is 0 Å². The van der Waals surface area contributed by atoms with Crippen LogP contribution in [0.2, 0.25) is 0 Å². The van der Waals surface area contributed by atoms with Crippen molar-refractivity contribution in [1.82, 2.24) is 14.5 Å². The number of carbonyl (C=O) groups is 1. The number of thioether (sulfide) groups is 1. The molecule has 0 aliphatic carbocycles. The summed E-state index contributed by atoms with van der Waals surface area (Å²) in [6, 6.07) is 14.4. The molecule has 0 saturated heterocycles. The first-order chi connectivity index (χ1) is 14.9. The molecule has 1 amide bonds. The summed E-state index contributed by atoms with van der Waals surface area (Å²) in [4.78, 5) is 23.3. The van der Waals surface area contributed by atoms with E-state index in [0.29, 0.717) is 10.9 Å². The minimum atomic E-state index is -0.0514. The van der Waals surface area contributed by atoms with Crippen LogP contribution in [0.25, 0.3) is 5.69 Å². The van der Waals surface area contributed by atoms with E-state index in [1.54, 1.807) is 23.6 Å². The number of aromatic nitrogens is 3. The molecule has 2 aromatic carbocycles. The Morgan fingerprint density at radius 1 is 1.10 bits per heavy atom. The number of carbonyl (C=O) groups excluding carboxylic acids is 1. The Bertz CT molecular complexity index is 1210. The van der Waals surface area contributed by atoms with Crippen LogP contribution in [0.4, 0.5) is 10.8 Å². The second-order valence-electron chi connectivity index (χ2n) is 7.53. The number of rotatable bonds is 6. The third-order valence-electron chi connectivity index (χ3n) is 4.75. The first kappa shape index (κ1) is 21.3. The van der Waals surface area contributed by atoms with Crippen LogP contribution in [0.1, 0.15) is 29.3 Å². The summed E-state index contributed by atoms with van der Waals surface area (Å²) < 4.78 is 2.10. The molecule has 0 bridgehead atoms. The van der Waals surface area contributed by atoms with Crippen molar-refractivity contribution in [2.45, 2.75) is 38.6 Å². The number of nitrogens with zero attached hydrogens (tertiary/aromatic N) is 4. The van der Waals surface area contributed by atoms with Crippen molar-refractivity contribution < 1.29 is 4.79 Å². The molecule has 0 radical (unpaired) electrons. The van der Waals surface area contributed by atoms with Gasteiger partial charge in [-0.15, -0.1) is 11.3 Å². The van der Waals surface area contributed by atoms with Gasteiger partial charge >= 0.3 is 0 Å². The predicted molar refractivity (Wildman–Crippen MR) is 129 cm³/mol. The fourth-order valence-corrected chi connectivity index (χ4v) is 5.34. The van der Waals surface area contributed by atoms with Crippen LogP contribution in [0.15, 0.2) is 65.4 Å². The first-order valence-electron chi connectivity index (χ1n) is 9.97. The zero-order chi connectivity index (χ0) is 22.0. The van der Waals surface area contributed by atoms with Crippen molar-refractivity contribution in [3.8, 4) is 5.69 Å². The van der Waals surface area contributed by atoms with Gasteiger partial charge in [0.05, 0.1) is 11.4 Å². The Morgan fingerprint density at radius 2 is 1.87 bits per heavy atom. The average Bonchev–Trinajstić information content (AvgIpc) is 3.35. The Hall–Kier alpha value is -2.90. The van der Waals surface area contributed by atoms with Gasteiger partial charge in [-0.2, -0.15) is 0 Å². The SMILES string of the molecule is CC(=O)N(c1cccc(C)c1)c1nc(CSc2nccn2-c2cc(C)cc(C)c2)cs1. The number of benzene rings is 2. The van der Waals surface area contributed by atoms with Gasteiger partial charge in [0, 0.05) is 36.1 Å². The van der Waals surface area contributed by atoms with Crippen molar-refractivity contribution in [3.05, 3.63) is 82.6 Å². The summed E-state index contributed by atoms with van der Waals surface area (Å²) in [7, 11) is 0. The lowest BCUT2D eigenvalue weighted by atomic mass is 10.1. The molecular formula is C24H24N4OS2. The summed E-state index contributed by atoms with van der Waals surface area (Å²) in [6.45, 7) is 7.79. The summed E-state index contributed by atoms with van der Waals surface area (Å²) in [5, 5.41) is 3.62. The Kier molecular flexibility index (Phi) is 6.25. The van der Waals surface area contributed by atoms with Crippen LogP contribution in [-0.2, 0) is 10.5 Å². The quantitative estimate of drug-likeness (QED) is 0.328. The molecule has 31 heavy (non-hydrogen) atoms. The second-order valence-corrected chi connectivity index (χ2v) is 9.31. The normalized spacial score (nSPS) is 11.0. The van der Waals surface area contributed by atoms with Gasteiger partial charge in [-0.1, -0.05) is 30.0 Å². The molecule has 0 fully saturated rings. The monoisotopic (exact) mass is 448 g/mol. The van der Waals surface area contributed by atoms with Gasteiger partial charge in [0.15, 0.2) is 10.3 Å². The molecule has 0 atom stereocenters. The Morgan fingerprint density at radius 3 is 2.58 bits per heavy atom. The number of hydrogen-bond acceptors (Lipinski definition) is 5. The highest BCUT2D eigenvalue weighted by Crippen LogP contribution is 2.32. The smallest absolute Gasteiger partial charge is 0.230 e. The summed E-state index contributed by atoms with van der Waals surface area (Å²) in [5.74, 6) is 0.627. The molecule has 158 valence electrons. The van der Waals surface area contributed by atoms with Gasteiger partial charge in [0.2, 0.25) is 5.91 Å². The Balaban J connectivity index is 1.53. The number of thiazole rings is 1. The maximum absolute atomic E-state index is 12.3. The second kappa shape index (κ2) is 9.08. The van der Waals surface area contributed by atoms with Crippen LogP contribution in [0, 0.1) is 20.8 Å². The molecule has 4 aromatic rings. The molecule has 0 aliphatic rings. The molecular weight excluding hydrogens is 424 g/mol. The lowest BCUT2D eigenvalue weighted by molar-refractivity contribution is -0.115. The van der Waals surface area contributed by atoms with Crippen LogP contribution >= 0.6 is 23.1 Å².